The molecule has 2 atom stereocenters. The largest absolute Gasteiger partial charge is 0.449 e. The van der Waals surface area contributed by atoms with E-state index < -0.39 is 0 Å². The molecule has 5 heteroatoms. The lowest BCUT2D eigenvalue weighted by Crippen LogP contribution is -2.57. The maximum absolute atomic E-state index is 12.0. The highest BCUT2D eigenvalue weighted by atomic mass is 32.1. The van der Waals surface area contributed by atoms with E-state index in [2.05, 4.69) is 11.4 Å². The third-order valence-corrected chi connectivity index (χ3v) is 4.13. The lowest BCUT2D eigenvalue weighted by atomic mass is 10.1. The minimum atomic E-state index is -0.187. The summed E-state index contributed by atoms with van der Waals surface area (Å²) >= 11 is 1.70. The van der Waals surface area contributed by atoms with Crippen molar-refractivity contribution in [1.82, 2.24) is 10.2 Å². The second kappa shape index (κ2) is 6.20. The molecule has 1 aromatic rings. The smallest absolute Gasteiger partial charge is 0.410 e. The van der Waals surface area contributed by atoms with Gasteiger partial charge in [0.2, 0.25) is 0 Å². The molecule has 2 heterocycles. The number of thiophene rings is 1. The van der Waals surface area contributed by atoms with Gasteiger partial charge >= 0.3 is 6.09 Å². The fourth-order valence-corrected chi connectivity index (χ4v) is 2.95. The first-order chi connectivity index (χ1) is 8.68. The van der Waals surface area contributed by atoms with E-state index in [0.717, 1.165) is 19.5 Å². The summed E-state index contributed by atoms with van der Waals surface area (Å²) < 4.78 is 5.36. The summed E-state index contributed by atoms with van der Waals surface area (Å²) in [6, 6.07) is 4.47. The van der Waals surface area contributed by atoms with Crippen LogP contribution in [0.5, 0.6) is 0 Å². The summed E-state index contributed by atoms with van der Waals surface area (Å²) in [5, 5.41) is 5.34. The van der Waals surface area contributed by atoms with E-state index in [1.54, 1.807) is 11.3 Å². The molecule has 0 radical (unpaired) electrons. The van der Waals surface area contributed by atoms with Crippen molar-refractivity contribution >= 4 is 17.4 Å². The lowest BCUT2D eigenvalue weighted by molar-refractivity contribution is 0.0618. The van der Waals surface area contributed by atoms with Crippen LogP contribution in [0.15, 0.2) is 17.5 Å². The molecule has 0 aromatic carbocycles. The molecule has 0 bridgehead atoms. The van der Waals surface area contributed by atoms with Crippen LogP contribution in [-0.2, 0) is 11.2 Å². The molecule has 1 amide bonds. The van der Waals surface area contributed by atoms with Crippen LogP contribution in [-0.4, -0.2) is 42.8 Å². The third-order valence-electron chi connectivity index (χ3n) is 3.19. The van der Waals surface area contributed by atoms with E-state index in [-0.39, 0.29) is 18.2 Å². The number of amides is 1. The Morgan fingerprint density at radius 1 is 1.50 bits per heavy atom. The van der Waals surface area contributed by atoms with E-state index in [1.807, 2.05) is 30.2 Å². The number of hydrogen-bond donors (Lipinski definition) is 1. The first-order valence-electron chi connectivity index (χ1n) is 6.36. The number of carbonyl (C=O) groups is 1. The molecular formula is C13H20N2O2S. The monoisotopic (exact) mass is 268 g/mol. The fourth-order valence-electron chi connectivity index (χ4n) is 2.26. The normalized spacial score (nSPS) is 24.0. The molecule has 1 aromatic heterocycles. The highest BCUT2D eigenvalue weighted by molar-refractivity contribution is 7.09. The maximum atomic E-state index is 12.0. The molecule has 4 nitrogen and oxygen atoms in total. The molecule has 18 heavy (non-hydrogen) atoms. The molecule has 0 aliphatic carbocycles. The first kappa shape index (κ1) is 13.4. The van der Waals surface area contributed by atoms with Crippen molar-refractivity contribution in [3.8, 4) is 0 Å². The number of piperazine rings is 1. The lowest BCUT2D eigenvalue weighted by Gasteiger charge is -2.38. The van der Waals surface area contributed by atoms with Gasteiger partial charge in [-0.15, -0.1) is 11.3 Å². The van der Waals surface area contributed by atoms with Crippen molar-refractivity contribution in [2.75, 3.05) is 19.7 Å². The Labute approximate surface area is 112 Å². The summed E-state index contributed by atoms with van der Waals surface area (Å²) in [6.45, 7) is 6.23. The Bertz CT molecular complexity index is 370. The number of hydrogen-bond acceptors (Lipinski definition) is 4. The molecule has 1 saturated heterocycles. The summed E-state index contributed by atoms with van der Waals surface area (Å²) in [6.07, 6.45) is 0.617. The van der Waals surface area contributed by atoms with Gasteiger partial charge in [0, 0.05) is 36.5 Å². The number of carbonyl (C=O) groups excluding carboxylic acids is 1. The van der Waals surface area contributed by atoms with Gasteiger partial charge in [-0.2, -0.15) is 0 Å². The number of nitrogens with one attached hydrogen (secondary N) is 1. The average Bonchev–Trinajstić information content (AvgIpc) is 2.82. The fraction of sp³-hybridized carbons (Fsp3) is 0.615. The SMILES string of the molecule is CC1CNCC(C)N1C(=O)OCCc1cccs1. The van der Waals surface area contributed by atoms with Gasteiger partial charge in [-0.1, -0.05) is 6.07 Å². The van der Waals surface area contributed by atoms with E-state index in [4.69, 9.17) is 4.74 Å². The predicted molar refractivity (Wildman–Crippen MR) is 73.0 cm³/mol. The molecule has 0 spiro atoms. The zero-order chi connectivity index (χ0) is 13.0. The highest BCUT2D eigenvalue weighted by Crippen LogP contribution is 2.13. The van der Waals surface area contributed by atoms with Crippen molar-refractivity contribution in [1.29, 1.82) is 0 Å². The topological polar surface area (TPSA) is 41.6 Å². The maximum Gasteiger partial charge on any atom is 0.410 e. The molecule has 1 aliphatic heterocycles. The van der Waals surface area contributed by atoms with Gasteiger partial charge in [-0.3, -0.25) is 0 Å². The van der Waals surface area contributed by atoms with Crippen molar-refractivity contribution in [3.05, 3.63) is 22.4 Å². The summed E-state index contributed by atoms with van der Waals surface area (Å²) in [5.41, 5.74) is 0. The van der Waals surface area contributed by atoms with E-state index in [9.17, 15) is 4.79 Å². The summed E-state index contributed by atoms with van der Waals surface area (Å²) in [5.74, 6) is 0. The van der Waals surface area contributed by atoms with Gasteiger partial charge in [0.05, 0.1) is 6.61 Å². The van der Waals surface area contributed by atoms with Crippen molar-refractivity contribution in [2.45, 2.75) is 32.4 Å². The van der Waals surface area contributed by atoms with Crippen LogP contribution in [0, 0.1) is 0 Å². The first-order valence-corrected chi connectivity index (χ1v) is 7.24. The summed E-state index contributed by atoms with van der Waals surface area (Å²) in [4.78, 5) is 15.1. The van der Waals surface area contributed by atoms with Gasteiger partial charge in [0.25, 0.3) is 0 Å². The molecule has 2 rings (SSSR count). The Kier molecular flexibility index (Phi) is 4.60. The predicted octanol–water partition coefficient (Wildman–Crippen LogP) is 2.11. The van der Waals surface area contributed by atoms with Crippen molar-refractivity contribution in [2.24, 2.45) is 0 Å². The van der Waals surface area contributed by atoms with E-state index in [0.29, 0.717) is 6.61 Å². The second-order valence-corrected chi connectivity index (χ2v) is 5.74. The standard InChI is InChI=1S/C13H20N2O2S/c1-10-8-14-9-11(2)15(10)13(16)17-6-5-12-4-3-7-18-12/h3-4,7,10-11,14H,5-6,8-9H2,1-2H3. The van der Waals surface area contributed by atoms with Gasteiger partial charge in [0.1, 0.15) is 0 Å². The van der Waals surface area contributed by atoms with Gasteiger partial charge in [0.15, 0.2) is 0 Å². The van der Waals surface area contributed by atoms with Gasteiger partial charge in [-0.25, -0.2) is 4.79 Å². The number of rotatable bonds is 3. The zero-order valence-electron chi connectivity index (χ0n) is 10.9. The third kappa shape index (κ3) is 3.23. The second-order valence-electron chi connectivity index (χ2n) is 4.71. The van der Waals surface area contributed by atoms with E-state index in [1.165, 1.54) is 4.88 Å². The van der Waals surface area contributed by atoms with Crippen LogP contribution in [0.4, 0.5) is 4.79 Å². The summed E-state index contributed by atoms with van der Waals surface area (Å²) in [7, 11) is 0. The minimum Gasteiger partial charge on any atom is -0.449 e. The molecule has 2 unspecified atom stereocenters. The molecule has 0 saturated carbocycles. The minimum absolute atomic E-state index is 0.187. The van der Waals surface area contributed by atoms with Crippen molar-refractivity contribution in [3.63, 3.8) is 0 Å². The zero-order valence-corrected chi connectivity index (χ0v) is 11.7. The van der Waals surface area contributed by atoms with Crippen LogP contribution in [0.25, 0.3) is 0 Å². The molecule has 100 valence electrons. The Morgan fingerprint density at radius 3 is 2.83 bits per heavy atom. The molecule has 1 fully saturated rings. The number of nitrogens with zero attached hydrogens (tertiary/aromatic N) is 1. The molecular weight excluding hydrogens is 248 g/mol. The van der Waals surface area contributed by atoms with Gasteiger partial charge in [-0.05, 0) is 25.3 Å². The highest BCUT2D eigenvalue weighted by Gasteiger charge is 2.29. The quantitative estimate of drug-likeness (QED) is 0.913. The Balaban J connectivity index is 1.79. The molecule has 1 aliphatic rings. The van der Waals surface area contributed by atoms with Crippen LogP contribution in [0.2, 0.25) is 0 Å². The van der Waals surface area contributed by atoms with Crippen LogP contribution >= 0.6 is 11.3 Å². The van der Waals surface area contributed by atoms with Crippen LogP contribution < -0.4 is 5.32 Å². The van der Waals surface area contributed by atoms with E-state index >= 15 is 0 Å². The molecule has 1 N–H and O–H groups in total. The van der Waals surface area contributed by atoms with Gasteiger partial charge < -0.3 is 15.0 Å². The number of ether oxygens (including phenoxy) is 1. The average molecular weight is 268 g/mol. The van der Waals surface area contributed by atoms with Crippen LogP contribution in [0.3, 0.4) is 0 Å². The Morgan fingerprint density at radius 2 is 2.22 bits per heavy atom. The van der Waals surface area contributed by atoms with Crippen LogP contribution in [0.1, 0.15) is 18.7 Å². The Hall–Kier alpha value is -1.07. The van der Waals surface area contributed by atoms with Crippen molar-refractivity contribution < 1.29 is 9.53 Å².